The van der Waals surface area contributed by atoms with Crippen molar-refractivity contribution in [1.82, 2.24) is 0 Å². The van der Waals surface area contributed by atoms with E-state index in [2.05, 4.69) is 19.7 Å². The van der Waals surface area contributed by atoms with Crippen LogP contribution >= 0.6 is 0 Å². The highest BCUT2D eigenvalue weighted by atomic mass is 16.6. The fourth-order valence-electron chi connectivity index (χ4n) is 1.16. The van der Waals surface area contributed by atoms with E-state index in [4.69, 9.17) is 23.3 Å². The topological polar surface area (TPSA) is 147 Å². The number of nitrogens with zero attached hydrogens (tertiary/aromatic N) is 2. The predicted molar refractivity (Wildman–Crippen MR) is 67.6 cm³/mol. The lowest BCUT2D eigenvalue weighted by atomic mass is 10.1. The van der Waals surface area contributed by atoms with Crippen molar-refractivity contribution in [2.24, 2.45) is 33.2 Å². The number of nitrogens with two attached hydrogens (primary N) is 4. The third-order valence-corrected chi connectivity index (χ3v) is 2.10. The summed E-state index contributed by atoms with van der Waals surface area (Å²) in [6, 6.07) is 7.43. The van der Waals surface area contributed by atoms with Gasteiger partial charge in [-0.2, -0.15) is 11.8 Å². The van der Waals surface area contributed by atoms with E-state index in [1.807, 2.05) is 24.3 Å². The third-order valence-electron chi connectivity index (χ3n) is 2.10. The summed E-state index contributed by atoms with van der Waals surface area (Å²) in [4.78, 5) is 16.3. The van der Waals surface area contributed by atoms with Crippen LogP contribution < -0.4 is 23.3 Å². The molecule has 8 heteroatoms. The molecule has 1 aromatic rings. The van der Waals surface area contributed by atoms with Crippen molar-refractivity contribution in [3.05, 3.63) is 35.4 Å². The standard InChI is InChI=1S/C10H16N6O2/c11-9(17-13)15-5-7-1-2-8(4-3-7)6-16-10(12)18-14/h1-4H,5-6,13-14H2,(H2,11,15)(H2,12,16). The number of benzene rings is 1. The summed E-state index contributed by atoms with van der Waals surface area (Å²) in [5, 5.41) is 0. The summed E-state index contributed by atoms with van der Waals surface area (Å²) in [5.74, 6) is 9.67. The van der Waals surface area contributed by atoms with Crippen LogP contribution in [0.25, 0.3) is 0 Å². The van der Waals surface area contributed by atoms with E-state index in [-0.39, 0.29) is 12.0 Å². The van der Waals surface area contributed by atoms with E-state index >= 15 is 0 Å². The first-order chi connectivity index (χ1) is 8.65. The molecule has 8 N–H and O–H groups in total. The smallest absolute Gasteiger partial charge is 0.302 e. The number of hydrogen-bond donors (Lipinski definition) is 4. The molecular formula is C10H16N6O2. The van der Waals surface area contributed by atoms with E-state index in [0.29, 0.717) is 13.1 Å². The van der Waals surface area contributed by atoms with E-state index in [1.54, 1.807) is 0 Å². The molecule has 0 saturated carbocycles. The Bertz CT molecular complexity index is 387. The van der Waals surface area contributed by atoms with Gasteiger partial charge in [0.2, 0.25) is 0 Å². The minimum absolute atomic E-state index is 0.0588. The molecule has 8 nitrogen and oxygen atoms in total. The van der Waals surface area contributed by atoms with Gasteiger partial charge in [-0.3, -0.25) is 0 Å². The number of rotatable bonds is 4. The number of aliphatic imine (C=N–C) groups is 2. The number of hydrogen-bond acceptors (Lipinski definition) is 6. The molecule has 0 aromatic heterocycles. The van der Waals surface area contributed by atoms with Crippen molar-refractivity contribution >= 4 is 12.0 Å². The van der Waals surface area contributed by atoms with Gasteiger partial charge in [-0.1, -0.05) is 24.3 Å². The first kappa shape index (κ1) is 13.7. The Hall–Kier alpha value is -2.32. The van der Waals surface area contributed by atoms with Gasteiger partial charge >= 0.3 is 12.0 Å². The van der Waals surface area contributed by atoms with E-state index in [9.17, 15) is 0 Å². The second-order valence-electron chi connectivity index (χ2n) is 3.36. The van der Waals surface area contributed by atoms with Gasteiger partial charge in [-0.25, -0.2) is 9.98 Å². The molecule has 1 rings (SSSR count). The fraction of sp³-hybridized carbons (Fsp3) is 0.200. The lowest BCUT2D eigenvalue weighted by Gasteiger charge is -2.01. The summed E-state index contributed by atoms with van der Waals surface area (Å²) >= 11 is 0. The monoisotopic (exact) mass is 252 g/mol. The Balaban J connectivity index is 2.58. The average molecular weight is 252 g/mol. The maximum Gasteiger partial charge on any atom is 0.302 e. The summed E-state index contributed by atoms with van der Waals surface area (Å²) in [5.41, 5.74) is 12.5. The zero-order chi connectivity index (χ0) is 13.4. The Morgan fingerprint density at radius 1 is 0.833 bits per heavy atom. The van der Waals surface area contributed by atoms with Gasteiger partial charge in [-0.05, 0) is 11.1 Å². The van der Waals surface area contributed by atoms with Gasteiger partial charge in [0.1, 0.15) is 0 Å². The lowest BCUT2D eigenvalue weighted by molar-refractivity contribution is 0.313. The van der Waals surface area contributed by atoms with Gasteiger partial charge in [0.15, 0.2) is 0 Å². The molecule has 1 aromatic carbocycles. The average Bonchev–Trinajstić information content (AvgIpc) is 2.43. The van der Waals surface area contributed by atoms with Crippen molar-refractivity contribution in [2.75, 3.05) is 0 Å². The minimum atomic E-state index is -0.0588. The zero-order valence-corrected chi connectivity index (χ0v) is 9.74. The van der Waals surface area contributed by atoms with Gasteiger partial charge in [0, 0.05) is 0 Å². The van der Waals surface area contributed by atoms with Crippen LogP contribution in [-0.2, 0) is 22.8 Å². The van der Waals surface area contributed by atoms with Crippen LogP contribution in [0.3, 0.4) is 0 Å². The third kappa shape index (κ3) is 4.68. The molecule has 98 valence electrons. The van der Waals surface area contributed by atoms with Crippen molar-refractivity contribution in [2.45, 2.75) is 13.1 Å². The maximum absolute atomic E-state index is 5.29. The number of amidine groups is 2. The molecule has 0 fully saturated rings. The molecular weight excluding hydrogens is 236 g/mol. The molecule has 0 unspecified atom stereocenters. The highest BCUT2D eigenvalue weighted by molar-refractivity contribution is 5.71. The van der Waals surface area contributed by atoms with Crippen molar-refractivity contribution in [1.29, 1.82) is 0 Å². The van der Waals surface area contributed by atoms with E-state index in [0.717, 1.165) is 11.1 Å². The van der Waals surface area contributed by atoms with Crippen LogP contribution in [0, 0.1) is 0 Å². The Labute approximate surface area is 104 Å². The molecule has 0 aliphatic heterocycles. The van der Waals surface area contributed by atoms with Crippen LogP contribution in [0.1, 0.15) is 11.1 Å². The molecule has 0 heterocycles. The molecule has 0 saturated heterocycles. The fourth-order valence-corrected chi connectivity index (χ4v) is 1.16. The molecule has 0 spiro atoms. The van der Waals surface area contributed by atoms with E-state index < -0.39 is 0 Å². The predicted octanol–water partition coefficient (Wildman–Crippen LogP) is -0.903. The summed E-state index contributed by atoms with van der Waals surface area (Å²) in [7, 11) is 0. The van der Waals surface area contributed by atoms with Gasteiger partial charge in [0.05, 0.1) is 13.1 Å². The maximum atomic E-state index is 5.29. The van der Waals surface area contributed by atoms with Crippen molar-refractivity contribution in [3.63, 3.8) is 0 Å². The molecule has 18 heavy (non-hydrogen) atoms. The van der Waals surface area contributed by atoms with Gasteiger partial charge < -0.3 is 21.1 Å². The quantitative estimate of drug-likeness (QED) is 0.310. The molecule has 0 atom stereocenters. The van der Waals surface area contributed by atoms with Crippen molar-refractivity contribution in [3.8, 4) is 0 Å². The highest BCUT2D eigenvalue weighted by Crippen LogP contribution is 2.06. The minimum Gasteiger partial charge on any atom is -0.374 e. The molecule has 0 amide bonds. The van der Waals surface area contributed by atoms with Crippen LogP contribution in [0.5, 0.6) is 0 Å². The SMILES string of the molecule is NOC(N)=NCc1ccc(CN=C(N)ON)cc1. The highest BCUT2D eigenvalue weighted by Gasteiger charge is 1.96. The molecule has 0 radical (unpaired) electrons. The van der Waals surface area contributed by atoms with Crippen LogP contribution in [0.15, 0.2) is 34.3 Å². The van der Waals surface area contributed by atoms with Gasteiger partial charge in [0.25, 0.3) is 0 Å². The first-order valence-electron chi connectivity index (χ1n) is 5.07. The first-order valence-corrected chi connectivity index (χ1v) is 5.07. The lowest BCUT2D eigenvalue weighted by Crippen LogP contribution is -2.20. The van der Waals surface area contributed by atoms with Crippen molar-refractivity contribution < 1.29 is 9.68 Å². The molecule has 0 bridgehead atoms. The summed E-state index contributed by atoms with van der Waals surface area (Å²) in [6.45, 7) is 0.779. The Kier molecular flexibility index (Phi) is 5.42. The second kappa shape index (κ2) is 7.09. The summed E-state index contributed by atoms with van der Waals surface area (Å²) < 4.78 is 0. The van der Waals surface area contributed by atoms with Crippen LogP contribution in [-0.4, -0.2) is 12.0 Å². The molecule has 0 aliphatic rings. The zero-order valence-electron chi connectivity index (χ0n) is 9.74. The largest absolute Gasteiger partial charge is 0.374 e. The Morgan fingerprint density at radius 2 is 1.17 bits per heavy atom. The summed E-state index contributed by atoms with van der Waals surface area (Å²) in [6.07, 6.45) is 0. The second-order valence-corrected chi connectivity index (χ2v) is 3.36. The van der Waals surface area contributed by atoms with Crippen LogP contribution in [0.4, 0.5) is 0 Å². The molecule has 0 aliphatic carbocycles. The van der Waals surface area contributed by atoms with E-state index in [1.165, 1.54) is 0 Å². The van der Waals surface area contributed by atoms with Crippen LogP contribution in [0.2, 0.25) is 0 Å². The Morgan fingerprint density at radius 3 is 1.44 bits per heavy atom. The van der Waals surface area contributed by atoms with Gasteiger partial charge in [-0.15, -0.1) is 0 Å². The normalized spacial score (nSPS) is 12.3.